The summed E-state index contributed by atoms with van der Waals surface area (Å²) in [5.41, 5.74) is 6.03. The molecule has 5 N–H and O–H groups in total. The summed E-state index contributed by atoms with van der Waals surface area (Å²) < 4.78 is 0. The van der Waals surface area contributed by atoms with Crippen molar-refractivity contribution in [3.8, 4) is 11.5 Å². The Hall–Kier alpha value is -3.08. The number of para-hydroxylation sites is 1. The van der Waals surface area contributed by atoms with E-state index >= 15 is 0 Å². The van der Waals surface area contributed by atoms with E-state index in [0.717, 1.165) is 0 Å². The van der Waals surface area contributed by atoms with Crippen LogP contribution in [0.2, 0.25) is 20.1 Å². The van der Waals surface area contributed by atoms with Crippen LogP contribution in [0.3, 0.4) is 0 Å². The second kappa shape index (κ2) is 12.1. The smallest absolute Gasteiger partial charge is 0.273 e. The Morgan fingerprint density at radius 3 is 1.91 bits per heavy atom. The first-order valence-corrected chi connectivity index (χ1v) is 11.5. The number of nitrogens with one attached hydrogen (secondary N) is 3. The summed E-state index contributed by atoms with van der Waals surface area (Å²) in [6.45, 7) is 0. The molecule has 3 aromatic rings. The molecule has 8 nitrogen and oxygen atoms in total. The van der Waals surface area contributed by atoms with Crippen LogP contribution in [-0.4, -0.2) is 33.7 Å². The Kier molecular flexibility index (Phi) is 9.13. The number of hydrogen-bond acceptors (Lipinski definition) is 6. The van der Waals surface area contributed by atoms with Crippen LogP contribution in [0.5, 0.6) is 11.5 Å². The van der Waals surface area contributed by atoms with E-state index in [4.69, 9.17) is 58.6 Å². The average molecular weight is 571 g/mol. The largest absolute Gasteiger partial charge is 0.506 e. The minimum Gasteiger partial charge on any atom is -0.506 e. The number of amides is 1. The molecule has 35 heavy (non-hydrogen) atoms. The predicted molar refractivity (Wildman–Crippen MR) is 145 cm³/mol. The highest BCUT2D eigenvalue weighted by Gasteiger charge is 2.12. The minimum absolute atomic E-state index is 0.0529. The lowest BCUT2D eigenvalue weighted by molar-refractivity contribution is 0.0956. The number of carbonyl (C=O) groups excluding carboxylic acids is 1. The maximum absolute atomic E-state index is 12.6. The summed E-state index contributed by atoms with van der Waals surface area (Å²) in [7, 11) is 0. The zero-order chi connectivity index (χ0) is 25.5. The van der Waals surface area contributed by atoms with Crippen molar-refractivity contribution in [3.63, 3.8) is 0 Å². The molecule has 180 valence electrons. The molecule has 0 atom stereocenters. The van der Waals surface area contributed by atoms with Crippen molar-refractivity contribution >= 4 is 87.8 Å². The van der Waals surface area contributed by atoms with Crippen LogP contribution in [0.25, 0.3) is 0 Å². The SMILES string of the molecule is O=C(NN=Cc1cc(Cl)cc(Cl)c1O)c1ccccc1NC(=S)NN=Cc1cc(Cl)cc(Cl)c1O. The molecule has 13 heteroatoms. The van der Waals surface area contributed by atoms with Crippen LogP contribution in [0.1, 0.15) is 21.5 Å². The van der Waals surface area contributed by atoms with Gasteiger partial charge in [-0.15, -0.1) is 0 Å². The summed E-state index contributed by atoms with van der Waals surface area (Å²) in [5, 5.41) is 31.4. The number of thiocarbonyl (C=S) groups is 1. The van der Waals surface area contributed by atoms with Crippen LogP contribution in [0.4, 0.5) is 5.69 Å². The standard InChI is InChI=1S/C22H15Cl4N5O3S/c23-13-5-11(19(32)16(25)7-13)9-27-30-21(34)15-3-1-2-4-18(15)29-22(35)31-28-10-12-6-14(24)8-17(26)20(12)33/h1-10,32-33H,(H,30,34)(H2,29,31,35). The topological polar surface area (TPSA) is 118 Å². The van der Waals surface area contributed by atoms with E-state index in [1.54, 1.807) is 24.3 Å². The average Bonchev–Trinajstić information content (AvgIpc) is 2.80. The van der Waals surface area contributed by atoms with Crippen molar-refractivity contribution in [2.24, 2.45) is 10.2 Å². The van der Waals surface area contributed by atoms with E-state index in [-0.39, 0.29) is 43.3 Å². The van der Waals surface area contributed by atoms with E-state index in [1.165, 1.54) is 36.7 Å². The molecular weight excluding hydrogens is 556 g/mol. The fraction of sp³-hybridized carbons (Fsp3) is 0. The van der Waals surface area contributed by atoms with Crippen molar-refractivity contribution < 1.29 is 15.0 Å². The van der Waals surface area contributed by atoms with Gasteiger partial charge in [0.2, 0.25) is 0 Å². The molecule has 0 aromatic heterocycles. The molecule has 0 saturated carbocycles. The third kappa shape index (κ3) is 7.20. The number of carbonyl (C=O) groups is 1. The molecule has 0 bridgehead atoms. The van der Waals surface area contributed by atoms with E-state index in [9.17, 15) is 15.0 Å². The highest BCUT2D eigenvalue weighted by molar-refractivity contribution is 7.80. The van der Waals surface area contributed by atoms with Crippen molar-refractivity contribution in [2.45, 2.75) is 0 Å². The van der Waals surface area contributed by atoms with Gasteiger partial charge in [0.1, 0.15) is 11.5 Å². The molecule has 0 spiro atoms. The van der Waals surface area contributed by atoms with Crippen LogP contribution in [0.15, 0.2) is 58.7 Å². The summed E-state index contributed by atoms with van der Waals surface area (Å²) in [4.78, 5) is 12.6. The van der Waals surface area contributed by atoms with Crippen LogP contribution in [0, 0.1) is 0 Å². The maximum atomic E-state index is 12.6. The number of hydrazone groups is 2. The molecule has 0 radical (unpaired) electrons. The van der Waals surface area contributed by atoms with Gasteiger partial charge in [-0.3, -0.25) is 10.2 Å². The second-order valence-electron chi connectivity index (χ2n) is 6.72. The van der Waals surface area contributed by atoms with Gasteiger partial charge in [-0.1, -0.05) is 58.5 Å². The van der Waals surface area contributed by atoms with E-state index in [1.807, 2.05) is 0 Å². The molecule has 3 aromatic carbocycles. The Labute approximate surface area is 225 Å². The monoisotopic (exact) mass is 569 g/mol. The number of anilines is 1. The highest BCUT2D eigenvalue weighted by atomic mass is 35.5. The highest BCUT2D eigenvalue weighted by Crippen LogP contribution is 2.31. The number of hydrogen-bond donors (Lipinski definition) is 5. The van der Waals surface area contributed by atoms with Gasteiger partial charge in [0.15, 0.2) is 5.11 Å². The number of phenolic OH excluding ortho intramolecular Hbond substituents is 2. The van der Waals surface area contributed by atoms with Gasteiger partial charge in [-0.2, -0.15) is 10.2 Å². The molecule has 0 aliphatic rings. The molecule has 0 heterocycles. The number of benzene rings is 3. The van der Waals surface area contributed by atoms with Gasteiger partial charge < -0.3 is 15.5 Å². The van der Waals surface area contributed by atoms with Gasteiger partial charge in [0.05, 0.1) is 33.7 Å². The third-order valence-electron chi connectivity index (χ3n) is 4.27. The van der Waals surface area contributed by atoms with Crippen molar-refractivity contribution in [2.75, 3.05) is 5.32 Å². The molecule has 0 aliphatic heterocycles. The number of nitrogens with zero attached hydrogens (tertiary/aromatic N) is 2. The van der Waals surface area contributed by atoms with Crippen molar-refractivity contribution in [3.05, 3.63) is 85.3 Å². The summed E-state index contributed by atoms with van der Waals surface area (Å²) in [6.07, 6.45) is 2.49. The molecule has 0 saturated heterocycles. The first kappa shape index (κ1) is 26.5. The van der Waals surface area contributed by atoms with Crippen LogP contribution in [-0.2, 0) is 0 Å². The normalized spacial score (nSPS) is 11.1. The number of aromatic hydroxyl groups is 2. The van der Waals surface area contributed by atoms with Gasteiger partial charge in [0, 0.05) is 21.2 Å². The third-order valence-corrected chi connectivity index (χ3v) is 5.48. The Bertz CT molecular complexity index is 1350. The summed E-state index contributed by atoms with van der Waals surface area (Å²) >= 11 is 28.8. The lowest BCUT2D eigenvalue weighted by Crippen LogP contribution is -2.26. The van der Waals surface area contributed by atoms with Gasteiger partial charge in [-0.05, 0) is 48.6 Å². The fourth-order valence-corrected chi connectivity index (χ4v) is 3.87. The first-order valence-electron chi connectivity index (χ1n) is 9.54. The number of rotatable bonds is 6. The molecular formula is C22H15Cl4N5O3S. The Balaban J connectivity index is 1.65. The molecule has 3 rings (SSSR count). The summed E-state index contributed by atoms with van der Waals surface area (Å²) in [6, 6.07) is 12.2. The van der Waals surface area contributed by atoms with E-state index in [0.29, 0.717) is 15.7 Å². The summed E-state index contributed by atoms with van der Waals surface area (Å²) in [5.74, 6) is -0.959. The Morgan fingerprint density at radius 1 is 0.829 bits per heavy atom. The lowest BCUT2D eigenvalue weighted by Gasteiger charge is -2.11. The molecule has 1 amide bonds. The zero-order valence-corrected chi connectivity index (χ0v) is 21.2. The van der Waals surface area contributed by atoms with Gasteiger partial charge in [0.25, 0.3) is 5.91 Å². The zero-order valence-electron chi connectivity index (χ0n) is 17.4. The fourth-order valence-electron chi connectivity index (χ4n) is 2.69. The minimum atomic E-state index is -0.554. The second-order valence-corrected chi connectivity index (χ2v) is 8.82. The van der Waals surface area contributed by atoms with E-state index in [2.05, 4.69) is 26.4 Å². The molecule has 0 unspecified atom stereocenters. The Morgan fingerprint density at radius 2 is 1.34 bits per heavy atom. The van der Waals surface area contributed by atoms with Gasteiger partial charge in [-0.25, -0.2) is 5.43 Å². The lowest BCUT2D eigenvalue weighted by atomic mass is 10.1. The van der Waals surface area contributed by atoms with Crippen LogP contribution < -0.4 is 16.2 Å². The quantitative estimate of drug-likeness (QED) is 0.145. The number of halogens is 4. The van der Waals surface area contributed by atoms with Crippen molar-refractivity contribution in [1.82, 2.24) is 10.9 Å². The number of phenols is 2. The van der Waals surface area contributed by atoms with Crippen molar-refractivity contribution in [1.29, 1.82) is 0 Å². The van der Waals surface area contributed by atoms with Crippen LogP contribution >= 0.6 is 58.6 Å². The maximum Gasteiger partial charge on any atom is 0.273 e. The molecule has 0 aliphatic carbocycles. The molecule has 0 fully saturated rings. The predicted octanol–water partition coefficient (Wildman–Crippen LogP) is 5.80. The van der Waals surface area contributed by atoms with Gasteiger partial charge >= 0.3 is 0 Å². The first-order chi connectivity index (χ1) is 16.7. The van der Waals surface area contributed by atoms with E-state index < -0.39 is 5.91 Å².